The first-order chi connectivity index (χ1) is 8.52. The third kappa shape index (κ3) is 4.70. The highest BCUT2D eigenvalue weighted by atomic mass is 16.6. The van der Waals surface area contributed by atoms with Crippen LogP contribution < -0.4 is 5.32 Å². The molecule has 0 bridgehead atoms. The van der Waals surface area contributed by atoms with Crippen molar-refractivity contribution < 1.29 is 29.0 Å². The number of amides is 1. The Labute approximate surface area is 104 Å². The predicted molar refractivity (Wildman–Crippen MR) is 59.4 cm³/mol. The number of rotatable bonds is 6. The van der Waals surface area contributed by atoms with Crippen molar-refractivity contribution in [3.63, 3.8) is 0 Å². The van der Waals surface area contributed by atoms with Gasteiger partial charge in [-0.05, 0) is 6.42 Å². The van der Waals surface area contributed by atoms with Gasteiger partial charge in [-0.3, -0.25) is 9.59 Å². The van der Waals surface area contributed by atoms with Crippen LogP contribution in [0.2, 0.25) is 0 Å². The van der Waals surface area contributed by atoms with Crippen LogP contribution in [0.4, 0.5) is 0 Å². The Hall–Kier alpha value is -1.63. The number of aliphatic hydroxyl groups is 1. The number of hydrogen-bond donors (Lipinski definition) is 2. The lowest BCUT2D eigenvalue weighted by Gasteiger charge is -2.14. The highest BCUT2D eigenvalue weighted by Gasteiger charge is 2.28. The maximum atomic E-state index is 11.4. The molecule has 0 spiro atoms. The quantitative estimate of drug-likeness (QED) is 0.601. The smallest absolute Gasteiger partial charge is 0.328 e. The summed E-state index contributed by atoms with van der Waals surface area (Å²) < 4.78 is 9.48. The SMILES string of the molecule is CCC(=O)OCC(O)COC(=O)[C@@H]1CCC(=O)N1. The molecule has 1 rings (SSSR count). The van der Waals surface area contributed by atoms with E-state index in [0.717, 1.165) is 0 Å². The van der Waals surface area contributed by atoms with Gasteiger partial charge in [-0.25, -0.2) is 4.79 Å². The molecule has 0 aromatic heterocycles. The van der Waals surface area contributed by atoms with Gasteiger partial charge in [-0.15, -0.1) is 0 Å². The summed E-state index contributed by atoms with van der Waals surface area (Å²) >= 11 is 0. The first kappa shape index (κ1) is 14.4. The van der Waals surface area contributed by atoms with E-state index in [2.05, 4.69) is 10.1 Å². The normalized spacial score (nSPS) is 20.1. The molecule has 1 unspecified atom stereocenters. The molecule has 0 radical (unpaired) electrons. The molecule has 102 valence electrons. The standard InChI is InChI=1S/C11H17NO6/c1-2-10(15)17-5-7(13)6-18-11(16)8-3-4-9(14)12-8/h7-8,13H,2-6H2,1H3,(H,12,14)/t7?,8-/m0/s1. The predicted octanol–water partition coefficient (Wildman–Crippen LogP) is -0.878. The van der Waals surface area contributed by atoms with E-state index in [1.54, 1.807) is 6.92 Å². The van der Waals surface area contributed by atoms with Gasteiger partial charge in [0.15, 0.2) is 0 Å². The summed E-state index contributed by atoms with van der Waals surface area (Å²) in [6.45, 7) is 1.16. The van der Waals surface area contributed by atoms with E-state index in [1.165, 1.54) is 0 Å². The van der Waals surface area contributed by atoms with Crippen LogP contribution in [0.1, 0.15) is 26.2 Å². The minimum atomic E-state index is -1.05. The molecule has 0 aliphatic carbocycles. The van der Waals surface area contributed by atoms with Gasteiger partial charge in [0.1, 0.15) is 25.4 Å². The zero-order valence-corrected chi connectivity index (χ0v) is 10.2. The van der Waals surface area contributed by atoms with E-state index in [-0.39, 0.29) is 25.5 Å². The number of aliphatic hydroxyl groups excluding tert-OH is 1. The van der Waals surface area contributed by atoms with Crippen molar-refractivity contribution in [2.75, 3.05) is 13.2 Å². The van der Waals surface area contributed by atoms with Gasteiger partial charge < -0.3 is 19.9 Å². The van der Waals surface area contributed by atoms with Crippen molar-refractivity contribution in [2.24, 2.45) is 0 Å². The molecular weight excluding hydrogens is 242 g/mol. The molecule has 7 nitrogen and oxygen atoms in total. The summed E-state index contributed by atoms with van der Waals surface area (Å²) in [6, 6.07) is -0.636. The van der Waals surface area contributed by atoms with E-state index >= 15 is 0 Å². The lowest BCUT2D eigenvalue weighted by molar-refractivity contribution is -0.153. The second-order valence-electron chi connectivity index (χ2n) is 3.98. The van der Waals surface area contributed by atoms with Crippen LogP contribution >= 0.6 is 0 Å². The van der Waals surface area contributed by atoms with E-state index in [0.29, 0.717) is 12.8 Å². The minimum Gasteiger partial charge on any atom is -0.463 e. The first-order valence-corrected chi connectivity index (χ1v) is 5.82. The molecule has 0 saturated carbocycles. The molecule has 1 aliphatic heterocycles. The number of carbonyl (C=O) groups excluding carboxylic acids is 3. The maximum Gasteiger partial charge on any atom is 0.328 e. The molecule has 1 heterocycles. The fraction of sp³-hybridized carbons (Fsp3) is 0.727. The molecule has 18 heavy (non-hydrogen) atoms. The topological polar surface area (TPSA) is 102 Å². The number of esters is 2. The molecule has 0 aromatic rings. The number of hydrogen-bond acceptors (Lipinski definition) is 6. The van der Waals surface area contributed by atoms with Crippen LogP contribution in [0.15, 0.2) is 0 Å². The summed E-state index contributed by atoms with van der Waals surface area (Å²) in [6.07, 6.45) is -0.128. The monoisotopic (exact) mass is 259 g/mol. The van der Waals surface area contributed by atoms with Crippen LogP contribution in [0.3, 0.4) is 0 Å². The highest BCUT2D eigenvalue weighted by molar-refractivity contribution is 5.88. The molecule has 2 atom stereocenters. The largest absolute Gasteiger partial charge is 0.463 e. The van der Waals surface area contributed by atoms with Gasteiger partial charge in [0.05, 0.1) is 0 Å². The Morgan fingerprint density at radius 3 is 2.67 bits per heavy atom. The zero-order chi connectivity index (χ0) is 13.5. The molecule has 1 saturated heterocycles. The van der Waals surface area contributed by atoms with Gasteiger partial charge >= 0.3 is 11.9 Å². The molecule has 7 heteroatoms. The van der Waals surface area contributed by atoms with Gasteiger partial charge in [0.2, 0.25) is 5.91 Å². The van der Waals surface area contributed by atoms with Crippen molar-refractivity contribution >= 4 is 17.8 Å². The lowest BCUT2D eigenvalue weighted by Crippen LogP contribution is -2.36. The summed E-state index contributed by atoms with van der Waals surface area (Å²) in [7, 11) is 0. The lowest BCUT2D eigenvalue weighted by atomic mass is 10.2. The maximum absolute atomic E-state index is 11.4. The summed E-state index contributed by atoms with van der Waals surface area (Å²) in [5, 5.41) is 11.9. The van der Waals surface area contributed by atoms with Crippen molar-refractivity contribution in [3.05, 3.63) is 0 Å². The molecule has 1 amide bonds. The molecule has 2 N–H and O–H groups in total. The molecule has 1 fully saturated rings. The number of carbonyl (C=O) groups is 3. The van der Waals surface area contributed by atoms with Crippen molar-refractivity contribution in [1.29, 1.82) is 0 Å². The number of nitrogens with one attached hydrogen (secondary N) is 1. The second-order valence-corrected chi connectivity index (χ2v) is 3.98. The van der Waals surface area contributed by atoms with Crippen LogP contribution in [-0.2, 0) is 23.9 Å². The van der Waals surface area contributed by atoms with Gasteiger partial charge in [0.25, 0.3) is 0 Å². The van der Waals surface area contributed by atoms with E-state index in [4.69, 9.17) is 4.74 Å². The van der Waals surface area contributed by atoms with Crippen molar-refractivity contribution in [2.45, 2.75) is 38.3 Å². The van der Waals surface area contributed by atoms with Crippen molar-refractivity contribution in [1.82, 2.24) is 5.32 Å². The van der Waals surface area contributed by atoms with Crippen LogP contribution in [-0.4, -0.2) is 48.3 Å². The van der Waals surface area contributed by atoms with Crippen molar-refractivity contribution in [3.8, 4) is 0 Å². The average Bonchev–Trinajstić information content (AvgIpc) is 2.79. The Balaban J connectivity index is 2.17. The Morgan fingerprint density at radius 2 is 2.11 bits per heavy atom. The summed E-state index contributed by atoms with van der Waals surface area (Å²) in [5.74, 6) is -1.19. The van der Waals surface area contributed by atoms with E-state index in [9.17, 15) is 19.5 Å². The highest BCUT2D eigenvalue weighted by Crippen LogP contribution is 2.08. The summed E-state index contributed by atoms with van der Waals surface area (Å²) in [5.41, 5.74) is 0. The van der Waals surface area contributed by atoms with Gasteiger partial charge in [0, 0.05) is 12.8 Å². The Morgan fingerprint density at radius 1 is 1.44 bits per heavy atom. The van der Waals surface area contributed by atoms with E-state index in [1.807, 2.05) is 0 Å². The molecule has 1 aliphatic rings. The van der Waals surface area contributed by atoms with Crippen LogP contribution in [0.25, 0.3) is 0 Å². The molecule has 0 aromatic carbocycles. The van der Waals surface area contributed by atoms with Gasteiger partial charge in [-0.1, -0.05) is 6.92 Å². The fourth-order valence-corrected chi connectivity index (χ4v) is 1.41. The third-order valence-corrected chi connectivity index (χ3v) is 2.42. The first-order valence-electron chi connectivity index (χ1n) is 5.82. The Kier molecular flexibility index (Phi) is 5.57. The Bertz CT molecular complexity index is 329. The van der Waals surface area contributed by atoms with Crippen LogP contribution in [0, 0.1) is 0 Å². The average molecular weight is 259 g/mol. The number of ether oxygens (including phenoxy) is 2. The van der Waals surface area contributed by atoms with E-state index < -0.39 is 24.1 Å². The minimum absolute atomic E-state index is 0.186. The third-order valence-electron chi connectivity index (χ3n) is 2.42. The van der Waals surface area contributed by atoms with Gasteiger partial charge in [-0.2, -0.15) is 0 Å². The fourth-order valence-electron chi connectivity index (χ4n) is 1.41. The zero-order valence-electron chi connectivity index (χ0n) is 10.2. The summed E-state index contributed by atoms with van der Waals surface area (Å²) in [4.78, 5) is 33.1. The second kappa shape index (κ2) is 6.95. The van der Waals surface area contributed by atoms with Crippen LogP contribution in [0.5, 0.6) is 0 Å². The molecular formula is C11H17NO6.